The summed E-state index contributed by atoms with van der Waals surface area (Å²) in [5.74, 6) is 0. The van der Waals surface area contributed by atoms with Crippen molar-refractivity contribution in [3.05, 3.63) is 48.7 Å². The molecule has 0 radical (unpaired) electrons. The lowest BCUT2D eigenvalue weighted by atomic mass is 10.1. The van der Waals surface area contributed by atoms with Gasteiger partial charge in [-0.25, -0.2) is 9.97 Å². The van der Waals surface area contributed by atoms with Gasteiger partial charge in [0, 0.05) is 10.8 Å². The van der Waals surface area contributed by atoms with Gasteiger partial charge in [0.15, 0.2) is 6.26 Å². The standard InChI is InChI=1S/C14H8N4O/c1-2-6-11-10(5-1)15-12-7-3-4-9(14(12)16-11)13-8-19-18-17-13/h1-8H. The number of hydrogen-bond donors (Lipinski definition) is 0. The van der Waals surface area contributed by atoms with Crippen LogP contribution in [0.15, 0.2) is 53.3 Å². The lowest BCUT2D eigenvalue weighted by Crippen LogP contribution is -1.90. The fraction of sp³-hybridized carbons (Fsp3) is 0. The number of nitrogens with zero attached hydrogens (tertiary/aromatic N) is 4. The summed E-state index contributed by atoms with van der Waals surface area (Å²) in [5, 5.41) is 7.43. The Morgan fingerprint density at radius 3 is 2.37 bits per heavy atom. The van der Waals surface area contributed by atoms with E-state index < -0.39 is 0 Å². The molecule has 0 N–H and O–H groups in total. The van der Waals surface area contributed by atoms with Gasteiger partial charge in [0.2, 0.25) is 0 Å². The Morgan fingerprint density at radius 2 is 1.58 bits per heavy atom. The zero-order chi connectivity index (χ0) is 12.7. The number of benzene rings is 2. The first kappa shape index (κ1) is 10.1. The lowest BCUT2D eigenvalue weighted by Gasteiger charge is -2.03. The molecule has 19 heavy (non-hydrogen) atoms. The van der Waals surface area contributed by atoms with Gasteiger partial charge < -0.3 is 4.52 Å². The first-order valence-electron chi connectivity index (χ1n) is 5.85. The fourth-order valence-corrected chi connectivity index (χ4v) is 2.13. The van der Waals surface area contributed by atoms with Gasteiger partial charge in [0.05, 0.1) is 22.1 Å². The van der Waals surface area contributed by atoms with Gasteiger partial charge in [-0.2, -0.15) is 0 Å². The average Bonchev–Trinajstić information content (AvgIpc) is 2.98. The van der Waals surface area contributed by atoms with Gasteiger partial charge in [-0.05, 0) is 18.2 Å². The molecule has 0 atom stereocenters. The zero-order valence-corrected chi connectivity index (χ0v) is 9.82. The summed E-state index contributed by atoms with van der Waals surface area (Å²) in [6.45, 7) is 0. The minimum atomic E-state index is 0.662. The molecule has 0 amide bonds. The predicted molar refractivity (Wildman–Crippen MR) is 70.3 cm³/mol. The van der Waals surface area contributed by atoms with Crippen molar-refractivity contribution in [3.8, 4) is 11.3 Å². The van der Waals surface area contributed by atoms with Crippen molar-refractivity contribution in [1.82, 2.24) is 20.3 Å². The van der Waals surface area contributed by atoms with Crippen LogP contribution in [0.5, 0.6) is 0 Å². The molecule has 0 bridgehead atoms. The van der Waals surface area contributed by atoms with Crippen molar-refractivity contribution in [2.75, 3.05) is 0 Å². The molecule has 4 rings (SSSR count). The molecule has 4 aromatic rings. The van der Waals surface area contributed by atoms with Crippen LogP contribution in [0.4, 0.5) is 0 Å². The Bertz CT molecular complexity index is 871. The normalized spacial score (nSPS) is 11.2. The van der Waals surface area contributed by atoms with E-state index in [2.05, 4.69) is 20.3 Å². The van der Waals surface area contributed by atoms with Gasteiger partial charge in [0.25, 0.3) is 0 Å². The van der Waals surface area contributed by atoms with E-state index in [0.717, 1.165) is 27.6 Å². The van der Waals surface area contributed by atoms with Crippen molar-refractivity contribution < 1.29 is 4.52 Å². The van der Waals surface area contributed by atoms with E-state index in [0.29, 0.717) is 5.69 Å². The second kappa shape index (κ2) is 3.84. The zero-order valence-electron chi connectivity index (χ0n) is 9.82. The molecule has 5 heteroatoms. The molecular formula is C14H8N4O. The molecule has 2 heterocycles. The topological polar surface area (TPSA) is 64.7 Å². The molecule has 0 aliphatic rings. The molecule has 2 aromatic carbocycles. The van der Waals surface area contributed by atoms with E-state index in [9.17, 15) is 0 Å². The summed E-state index contributed by atoms with van der Waals surface area (Å²) in [6.07, 6.45) is 1.51. The molecule has 0 saturated heterocycles. The molecular weight excluding hydrogens is 240 g/mol. The van der Waals surface area contributed by atoms with Crippen LogP contribution in [0.2, 0.25) is 0 Å². The summed E-state index contributed by atoms with van der Waals surface area (Å²) in [5.41, 5.74) is 4.91. The Labute approximate surface area is 107 Å². The van der Waals surface area contributed by atoms with Gasteiger partial charge in [-0.3, -0.25) is 0 Å². The van der Waals surface area contributed by atoms with E-state index in [1.165, 1.54) is 6.26 Å². The minimum Gasteiger partial charge on any atom is -0.345 e. The third kappa shape index (κ3) is 1.55. The van der Waals surface area contributed by atoms with Gasteiger partial charge in [-0.15, -0.1) is 5.10 Å². The Kier molecular flexibility index (Phi) is 2.05. The third-order valence-electron chi connectivity index (χ3n) is 3.01. The van der Waals surface area contributed by atoms with E-state index in [4.69, 9.17) is 4.52 Å². The maximum atomic E-state index is 4.80. The SMILES string of the molecule is c1ccc2nc3c(-c4conn4)cccc3nc2c1. The van der Waals surface area contributed by atoms with Crippen LogP contribution in [0.1, 0.15) is 0 Å². The van der Waals surface area contributed by atoms with Crippen molar-refractivity contribution in [1.29, 1.82) is 0 Å². The maximum Gasteiger partial charge on any atom is 0.152 e. The second-order valence-corrected chi connectivity index (χ2v) is 4.18. The number of rotatable bonds is 1. The quantitative estimate of drug-likeness (QED) is 0.484. The fourth-order valence-electron chi connectivity index (χ4n) is 2.13. The van der Waals surface area contributed by atoms with Crippen molar-refractivity contribution in [2.24, 2.45) is 0 Å². The molecule has 0 saturated carbocycles. The second-order valence-electron chi connectivity index (χ2n) is 4.18. The van der Waals surface area contributed by atoms with Crippen LogP contribution < -0.4 is 0 Å². The Hall–Kier alpha value is -2.82. The summed E-state index contributed by atoms with van der Waals surface area (Å²) in [6, 6.07) is 13.6. The monoisotopic (exact) mass is 248 g/mol. The highest BCUT2D eigenvalue weighted by Gasteiger charge is 2.10. The smallest absolute Gasteiger partial charge is 0.152 e. The Morgan fingerprint density at radius 1 is 0.789 bits per heavy atom. The summed E-state index contributed by atoms with van der Waals surface area (Å²) >= 11 is 0. The molecule has 0 fully saturated rings. The minimum absolute atomic E-state index is 0.662. The molecule has 0 unspecified atom stereocenters. The first-order chi connectivity index (χ1) is 9.42. The molecule has 0 spiro atoms. The molecule has 0 aliphatic carbocycles. The van der Waals surface area contributed by atoms with E-state index in [-0.39, 0.29) is 0 Å². The predicted octanol–water partition coefficient (Wildman–Crippen LogP) is 2.83. The number of hydrogen-bond acceptors (Lipinski definition) is 5. The molecule has 90 valence electrons. The third-order valence-corrected chi connectivity index (χ3v) is 3.01. The largest absolute Gasteiger partial charge is 0.345 e. The van der Waals surface area contributed by atoms with Crippen LogP contribution >= 0.6 is 0 Å². The summed E-state index contributed by atoms with van der Waals surface area (Å²) < 4.78 is 4.80. The highest BCUT2D eigenvalue weighted by molar-refractivity contribution is 5.94. The van der Waals surface area contributed by atoms with E-state index in [1.807, 2.05) is 42.5 Å². The summed E-state index contributed by atoms with van der Waals surface area (Å²) in [7, 11) is 0. The number of aromatic nitrogens is 4. The van der Waals surface area contributed by atoms with Crippen LogP contribution in [0.25, 0.3) is 33.3 Å². The number of fused-ring (bicyclic) bond motifs is 2. The van der Waals surface area contributed by atoms with Crippen molar-refractivity contribution >= 4 is 22.1 Å². The Balaban J connectivity index is 2.12. The van der Waals surface area contributed by atoms with Gasteiger partial charge in [-0.1, -0.05) is 24.3 Å². The number of para-hydroxylation sites is 3. The van der Waals surface area contributed by atoms with Crippen LogP contribution in [0, 0.1) is 0 Å². The first-order valence-corrected chi connectivity index (χ1v) is 5.85. The van der Waals surface area contributed by atoms with Gasteiger partial charge >= 0.3 is 0 Å². The highest BCUT2D eigenvalue weighted by atomic mass is 16.5. The average molecular weight is 248 g/mol. The van der Waals surface area contributed by atoms with Crippen molar-refractivity contribution in [3.63, 3.8) is 0 Å². The van der Waals surface area contributed by atoms with Crippen molar-refractivity contribution in [2.45, 2.75) is 0 Å². The van der Waals surface area contributed by atoms with E-state index >= 15 is 0 Å². The molecule has 5 nitrogen and oxygen atoms in total. The van der Waals surface area contributed by atoms with Gasteiger partial charge in [0.1, 0.15) is 5.69 Å². The highest BCUT2D eigenvalue weighted by Crippen LogP contribution is 2.26. The molecule has 2 aromatic heterocycles. The molecule has 0 aliphatic heterocycles. The summed E-state index contributed by atoms with van der Waals surface area (Å²) in [4.78, 5) is 9.27. The van der Waals surface area contributed by atoms with Crippen LogP contribution in [-0.2, 0) is 0 Å². The maximum absolute atomic E-state index is 4.80. The van der Waals surface area contributed by atoms with Crippen LogP contribution in [0.3, 0.4) is 0 Å². The lowest BCUT2D eigenvalue weighted by molar-refractivity contribution is 0.393. The van der Waals surface area contributed by atoms with E-state index in [1.54, 1.807) is 0 Å². The van der Waals surface area contributed by atoms with Crippen LogP contribution in [-0.4, -0.2) is 20.3 Å².